The molecule has 0 radical (unpaired) electrons. The van der Waals surface area contributed by atoms with Crippen molar-refractivity contribution in [3.8, 4) is 5.88 Å². The molecule has 1 aliphatic heterocycles. The fourth-order valence-electron chi connectivity index (χ4n) is 2.52. The zero-order chi connectivity index (χ0) is 15.9. The van der Waals surface area contributed by atoms with Gasteiger partial charge in [-0.2, -0.15) is 0 Å². The highest BCUT2D eigenvalue weighted by atomic mass is 16.3. The fourth-order valence-corrected chi connectivity index (χ4v) is 2.52. The molecule has 22 heavy (non-hydrogen) atoms. The first-order chi connectivity index (χ1) is 10.5. The van der Waals surface area contributed by atoms with Crippen molar-refractivity contribution >= 4 is 23.2 Å². The van der Waals surface area contributed by atoms with Gasteiger partial charge in [0.25, 0.3) is 11.5 Å². The molecule has 0 fully saturated rings. The van der Waals surface area contributed by atoms with Crippen LogP contribution in [0.2, 0.25) is 0 Å². The van der Waals surface area contributed by atoms with Crippen LogP contribution in [0, 0.1) is 0 Å². The normalized spacial score (nSPS) is 15.4. The molecule has 7 nitrogen and oxygen atoms in total. The Bertz CT molecular complexity index is 907. The average Bonchev–Trinajstić information content (AvgIpc) is 2.74. The lowest BCUT2D eigenvalue weighted by Crippen LogP contribution is -2.26. The maximum Gasteiger partial charge on any atom is 0.328 e. The Morgan fingerprint density at radius 2 is 1.91 bits per heavy atom. The molecule has 1 aromatic carbocycles. The van der Waals surface area contributed by atoms with Crippen LogP contribution in [0.5, 0.6) is 5.88 Å². The van der Waals surface area contributed by atoms with Gasteiger partial charge in [0.2, 0.25) is 5.88 Å². The van der Waals surface area contributed by atoms with Gasteiger partial charge < -0.3 is 10.0 Å². The number of benzene rings is 1. The predicted octanol–water partition coefficient (Wildman–Crippen LogP) is 0.676. The number of para-hydroxylation sites is 1. The molecule has 3 rings (SSSR count). The minimum Gasteiger partial charge on any atom is -0.494 e. The summed E-state index contributed by atoms with van der Waals surface area (Å²) in [6, 6.07) is 7.19. The van der Waals surface area contributed by atoms with Gasteiger partial charge in [0.1, 0.15) is 5.56 Å². The molecule has 0 bridgehead atoms. The molecule has 0 unspecified atom stereocenters. The van der Waals surface area contributed by atoms with Crippen molar-refractivity contribution in [2.75, 3.05) is 11.4 Å². The molecule has 3 N–H and O–H groups in total. The van der Waals surface area contributed by atoms with E-state index in [0.717, 1.165) is 5.69 Å². The van der Waals surface area contributed by atoms with E-state index in [2.05, 4.69) is 4.98 Å². The number of anilines is 1. The zero-order valence-corrected chi connectivity index (χ0v) is 11.7. The van der Waals surface area contributed by atoms with E-state index in [9.17, 15) is 19.5 Å². The number of amides is 1. The number of aromatic hydroxyl groups is 1. The number of rotatable bonds is 2. The number of nitrogens with one attached hydrogen (secondary N) is 2. The molecular formula is C15H13N3O4. The second-order valence-corrected chi connectivity index (χ2v) is 4.80. The van der Waals surface area contributed by atoms with E-state index < -0.39 is 17.1 Å². The smallest absolute Gasteiger partial charge is 0.328 e. The molecule has 1 aliphatic rings. The summed E-state index contributed by atoms with van der Waals surface area (Å²) in [4.78, 5) is 41.1. The van der Waals surface area contributed by atoms with Gasteiger partial charge in [-0.05, 0) is 19.1 Å². The summed E-state index contributed by atoms with van der Waals surface area (Å²) in [6.45, 7) is 2.34. The highest BCUT2D eigenvalue weighted by molar-refractivity contribution is 6.35. The van der Waals surface area contributed by atoms with Crippen molar-refractivity contribution in [3.05, 3.63) is 56.2 Å². The van der Waals surface area contributed by atoms with Crippen LogP contribution in [-0.2, 0) is 4.79 Å². The number of nitrogens with zero attached hydrogens (tertiary/aromatic N) is 1. The lowest BCUT2D eigenvalue weighted by atomic mass is 10.1. The predicted molar refractivity (Wildman–Crippen MR) is 81.7 cm³/mol. The Balaban J connectivity index is 2.23. The summed E-state index contributed by atoms with van der Waals surface area (Å²) in [6.07, 6.45) is 1.29. The van der Waals surface area contributed by atoms with Gasteiger partial charge in [-0.3, -0.25) is 19.6 Å². The average molecular weight is 299 g/mol. The third-order valence-electron chi connectivity index (χ3n) is 3.52. The Hall–Kier alpha value is -3.09. The van der Waals surface area contributed by atoms with E-state index in [-0.39, 0.29) is 11.5 Å². The van der Waals surface area contributed by atoms with Crippen LogP contribution >= 0.6 is 0 Å². The zero-order valence-electron chi connectivity index (χ0n) is 11.7. The number of likely N-dealkylation sites (N-methyl/N-ethyl adjacent to an activating group) is 1. The van der Waals surface area contributed by atoms with Crippen molar-refractivity contribution < 1.29 is 9.90 Å². The van der Waals surface area contributed by atoms with Crippen molar-refractivity contribution in [3.63, 3.8) is 0 Å². The minimum absolute atomic E-state index is 0.157. The maximum absolute atomic E-state index is 12.5. The van der Waals surface area contributed by atoms with Crippen LogP contribution < -0.4 is 16.1 Å². The van der Waals surface area contributed by atoms with E-state index >= 15 is 0 Å². The molecule has 112 valence electrons. The fraction of sp³-hybridized carbons (Fsp3) is 0.133. The minimum atomic E-state index is -0.807. The van der Waals surface area contributed by atoms with Gasteiger partial charge in [-0.25, -0.2) is 4.79 Å². The summed E-state index contributed by atoms with van der Waals surface area (Å²) in [5.41, 5.74) is 0.00825. The molecule has 1 aromatic heterocycles. The van der Waals surface area contributed by atoms with E-state index in [1.807, 2.05) is 24.0 Å². The number of fused-ring (bicyclic) bond motifs is 1. The third-order valence-corrected chi connectivity index (χ3v) is 3.52. The van der Waals surface area contributed by atoms with Gasteiger partial charge in [-0.15, -0.1) is 0 Å². The van der Waals surface area contributed by atoms with Crippen LogP contribution in [0.1, 0.15) is 18.1 Å². The van der Waals surface area contributed by atoms with Crippen LogP contribution in [0.4, 0.5) is 5.69 Å². The van der Waals surface area contributed by atoms with Crippen LogP contribution in [0.25, 0.3) is 11.6 Å². The van der Waals surface area contributed by atoms with E-state index in [1.165, 1.54) is 6.08 Å². The summed E-state index contributed by atoms with van der Waals surface area (Å²) >= 11 is 0. The first kappa shape index (κ1) is 13.9. The topological polar surface area (TPSA) is 106 Å². The van der Waals surface area contributed by atoms with Crippen LogP contribution in [0.15, 0.2) is 33.9 Å². The summed E-state index contributed by atoms with van der Waals surface area (Å²) in [7, 11) is 0. The number of carbonyl (C=O) groups is 1. The van der Waals surface area contributed by atoms with Crippen molar-refractivity contribution in [2.45, 2.75) is 6.92 Å². The van der Waals surface area contributed by atoms with Crippen LogP contribution in [0.3, 0.4) is 0 Å². The van der Waals surface area contributed by atoms with E-state index in [4.69, 9.17) is 0 Å². The number of hydrogen-bond acceptors (Lipinski definition) is 4. The first-order valence-corrected chi connectivity index (χ1v) is 6.71. The Morgan fingerprint density at radius 3 is 2.59 bits per heavy atom. The second kappa shape index (κ2) is 5.03. The molecule has 0 saturated heterocycles. The molecule has 0 aliphatic carbocycles. The summed E-state index contributed by atoms with van der Waals surface area (Å²) in [5, 5.41) is 9.74. The lowest BCUT2D eigenvalue weighted by Gasteiger charge is -2.13. The molecule has 0 spiro atoms. The Morgan fingerprint density at radius 1 is 1.18 bits per heavy atom. The van der Waals surface area contributed by atoms with E-state index in [0.29, 0.717) is 17.7 Å². The maximum atomic E-state index is 12.5. The molecule has 0 saturated carbocycles. The standard InChI is InChI=1S/C15H13N3O4/c1-2-18-11-6-4-3-5-8(11)9(14(18)21)7-10-12(19)16-15(22)17-13(10)20/h3-7H,2H2,1H3,(H3,16,17,19,20,22)/b9-7-. The van der Waals surface area contributed by atoms with Gasteiger partial charge >= 0.3 is 5.69 Å². The van der Waals surface area contributed by atoms with Crippen LogP contribution in [-0.4, -0.2) is 27.5 Å². The summed E-state index contributed by atoms with van der Waals surface area (Å²) < 4.78 is 0. The van der Waals surface area contributed by atoms with E-state index in [1.54, 1.807) is 17.0 Å². The molecular weight excluding hydrogens is 286 g/mol. The van der Waals surface area contributed by atoms with Crippen molar-refractivity contribution in [1.82, 2.24) is 9.97 Å². The number of hydrogen-bond donors (Lipinski definition) is 3. The Labute approximate surface area is 124 Å². The van der Waals surface area contributed by atoms with Crippen molar-refractivity contribution in [1.29, 1.82) is 0 Å². The third kappa shape index (κ3) is 2.03. The van der Waals surface area contributed by atoms with Gasteiger partial charge in [-0.1, -0.05) is 18.2 Å². The second-order valence-electron chi connectivity index (χ2n) is 4.80. The molecule has 1 amide bonds. The number of carbonyl (C=O) groups excluding carboxylic acids is 1. The largest absolute Gasteiger partial charge is 0.494 e. The van der Waals surface area contributed by atoms with Gasteiger partial charge in [0.05, 0.1) is 11.3 Å². The highest BCUT2D eigenvalue weighted by Gasteiger charge is 2.31. The Kier molecular flexibility index (Phi) is 3.17. The SMILES string of the molecule is CCN1C(=O)/C(=C\c2c(O)[nH]c(=O)[nH]c2=O)c2ccccc21. The molecule has 7 heteroatoms. The molecule has 2 aromatic rings. The lowest BCUT2D eigenvalue weighted by molar-refractivity contribution is -0.112. The monoisotopic (exact) mass is 299 g/mol. The highest BCUT2D eigenvalue weighted by Crippen LogP contribution is 2.37. The quantitative estimate of drug-likeness (QED) is 0.709. The number of aromatic nitrogens is 2. The van der Waals surface area contributed by atoms with Gasteiger partial charge in [0.15, 0.2) is 0 Å². The number of aromatic amines is 2. The molecule has 0 atom stereocenters. The summed E-state index contributed by atoms with van der Waals surface area (Å²) in [5.74, 6) is -0.824. The van der Waals surface area contributed by atoms with Gasteiger partial charge in [0, 0.05) is 12.1 Å². The first-order valence-electron chi connectivity index (χ1n) is 6.71. The van der Waals surface area contributed by atoms with Crippen molar-refractivity contribution in [2.24, 2.45) is 0 Å². The number of H-pyrrole nitrogens is 2. The molecule has 2 heterocycles.